The molecule has 14 heavy (non-hydrogen) atoms. The highest BCUT2D eigenvalue weighted by atomic mass is 16.3. The molecular formula is C12H12O2. The van der Waals surface area contributed by atoms with Crippen molar-refractivity contribution in [1.82, 2.24) is 0 Å². The van der Waals surface area contributed by atoms with Crippen molar-refractivity contribution in [3.05, 3.63) is 48.2 Å². The minimum Gasteiger partial charge on any atom is -0.464 e. The van der Waals surface area contributed by atoms with Crippen LogP contribution in [-0.2, 0) is 0 Å². The minimum absolute atomic E-state index is 0.416. The molecule has 2 aromatic rings. The number of rotatable bonds is 2. The van der Waals surface area contributed by atoms with Gasteiger partial charge in [-0.2, -0.15) is 0 Å². The van der Waals surface area contributed by atoms with E-state index < -0.39 is 6.10 Å². The van der Waals surface area contributed by atoms with Crippen LogP contribution in [0, 0.1) is 0 Å². The highest BCUT2D eigenvalue weighted by Crippen LogP contribution is 2.21. The first-order valence-corrected chi connectivity index (χ1v) is 4.59. The zero-order valence-corrected chi connectivity index (χ0v) is 7.97. The molecular weight excluding hydrogens is 176 g/mol. The van der Waals surface area contributed by atoms with E-state index in [4.69, 9.17) is 4.42 Å². The van der Waals surface area contributed by atoms with Crippen LogP contribution in [0.3, 0.4) is 0 Å². The fourth-order valence-electron chi connectivity index (χ4n) is 1.37. The van der Waals surface area contributed by atoms with E-state index in [2.05, 4.69) is 0 Å². The van der Waals surface area contributed by atoms with Crippen molar-refractivity contribution < 1.29 is 9.52 Å². The molecule has 1 heterocycles. The van der Waals surface area contributed by atoms with Crippen LogP contribution in [-0.4, -0.2) is 5.11 Å². The number of aliphatic hydroxyl groups excluding tert-OH is 1. The molecule has 0 bridgehead atoms. The monoisotopic (exact) mass is 188 g/mol. The number of benzene rings is 1. The van der Waals surface area contributed by atoms with Crippen LogP contribution in [0.1, 0.15) is 18.6 Å². The van der Waals surface area contributed by atoms with Crippen molar-refractivity contribution in [1.29, 1.82) is 0 Å². The van der Waals surface area contributed by atoms with Crippen molar-refractivity contribution in [2.75, 3.05) is 0 Å². The lowest BCUT2D eigenvalue weighted by atomic mass is 10.1. The van der Waals surface area contributed by atoms with Crippen molar-refractivity contribution in [3.8, 4) is 11.3 Å². The Morgan fingerprint density at radius 3 is 2.36 bits per heavy atom. The molecule has 1 aromatic heterocycles. The molecule has 0 fully saturated rings. The zero-order chi connectivity index (χ0) is 9.97. The summed E-state index contributed by atoms with van der Waals surface area (Å²) in [4.78, 5) is 0. The Hall–Kier alpha value is -1.54. The first-order valence-electron chi connectivity index (χ1n) is 4.59. The van der Waals surface area contributed by atoms with E-state index in [1.165, 1.54) is 0 Å². The predicted molar refractivity (Wildman–Crippen MR) is 54.8 cm³/mol. The third-order valence-corrected chi connectivity index (χ3v) is 2.20. The maximum Gasteiger partial charge on any atom is 0.133 e. The highest BCUT2D eigenvalue weighted by molar-refractivity contribution is 5.57. The predicted octanol–water partition coefficient (Wildman–Crippen LogP) is 3.00. The summed E-state index contributed by atoms with van der Waals surface area (Å²) in [5.74, 6) is 0.849. The molecule has 1 N–H and O–H groups in total. The van der Waals surface area contributed by atoms with Gasteiger partial charge in [0.15, 0.2) is 0 Å². The van der Waals surface area contributed by atoms with Crippen LogP contribution < -0.4 is 0 Å². The van der Waals surface area contributed by atoms with Gasteiger partial charge in [0.1, 0.15) is 5.76 Å². The normalized spacial score (nSPS) is 12.7. The van der Waals surface area contributed by atoms with Crippen LogP contribution in [0.4, 0.5) is 0 Å². The molecule has 2 nitrogen and oxygen atoms in total. The molecule has 2 rings (SSSR count). The van der Waals surface area contributed by atoms with Crippen molar-refractivity contribution in [2.24, 2.45) is 0 Å². The van der Waals surface area contributed by atoms with Gasteiger partial charge in [-0.15, -0.1) is 0 Å². The van der Waals surface area contributed by atoms with Gasteiger partial charge in [0.25, 0.3) is 0 Å². The Balaban J connectivity index is 2.31. The first kappa shape index (κ1) is 9.03. The van der Waals surface area contributed by atoms with E-state index in [1.54, 1.807) is 13.2 Å². The van der Waals surface area contributed by atoms with E-state index in [9.17, 15) is 5.11 Å². The fraction of sp³-hybridized carbons (Fsp3) is 0.167. The van der Waals surface area contributed by atoms with Gasteiger partial charge in [0.05, 0.1) is 12.4 Å². The van der Waals surface area contributed by atoms with Crippen LogP contribution in [0.15, 0.2) is 47.1 Å². The molecule has 0 saturated carbocycles. The Labute approximate surface area is 82.8 Å². The molecule has 0 saturated heterocycles. The molecule has 1 aromatic carbocycles. The third-order valence-electron chi connectivity index (χ3n) is 2.20. The second-order valence-electron chi connectivity index (χ2n) is 3.28. The highest BCUT2D eigenvalue weighted by Gasteiger charge is 2.02. The van der Waals surface area contributed by atoms with Gasteiger partial charge in [-0.3, -0.25) is 0 Å². The molecule has 0 radical (unpaired) electrons. The Bertz CT molecular complexity index is 385. The summed E-state index contributed by atoms with van der Waals surface area (Å²) in [5, 5.41) is 9.32. The number of hydrogen-bond acceptors (Lipinski definition) is 2. The molecule has 72 valence electrons. The second-order valence-corrected chi connectivity index (χ2v) is 3.28. The summed E-state index contributed by atoms with van der Waals surface area (Å²) in [7, 11) is 0. The molecule has 0 amide bonds. The van der Waals surface area contributed by atoms with Crippen LogP contribution >= 0.6 is 0 Å². The first-order chi connectivity index (χ1) is 6.77. The number of furan rings is 1. The maximum atomic E-state index is 9.32. The van der Waals surface area contributed by atoms with E-state index in [1.807, 2.05) is 36.4 Å². The largest absolute Gasteiger partial charge is 0.464 e. The lowest BCUT2D eigenvalue weighted by Gasteiger charge is -2.04. The van der Waals surface area contributed by atoms with Crippen LogP contribution in [0.25, 0.3) is 11.3 Å². The number of hydrogen-bond donors (Lipinski definition) is 1. The van der Waals surface area contributed by atoms with Gasteiger partial charge in [-0.25, -0.2) is 0 Å². The van der Waals surface area contributed by atoms with Crippen molar-refractivity contribution in [3.63, 3.8) is 0 Å². The van der Waals surface area contributed by atoms with E-state index in [0.29, 0.717) is 0 Å². The van der Waals surface area contributed by atoms with Gasteiger partial charge < -0.3 is 9.52 Å². The summed E-state index contributed by atoms with van der Waals surface area (Å²) >= 11 is 0. The number of aliphatic hydroxyl groups is 1. The Morgan fingerprint density at radius 1 is 1.14 bits per heavy atom. The minimum atomic E-state index is -0.416. The van der Waals surface area contributed by atoms with Gasteiger partial charge in [-0.05, 0) is 24.6 Å². The average Bonchev–Trinajstić information content (AvgIpc) is 2.71. The SMILES string of the molecule is CC(O)c1ccc(-c2ccco2)cc1. The van der Waals surface area contributed by atoms with Gasteiger partial charge in [0, 0.05) is 5.56 Å². The summed E-state index contributed by atoms with van der Waals surface area (Å²) in [5.41, 5.74) is 1.94. The molecule has 2 heteroatoms. The topological polar surface area (TPSA) is 33.4 Å². The third kappa shape index (κ3) is 1.70. The Morgan fingerprint density at radius 2 is 1.86 bits per heavy atom. The molecule has 0 aliphatic carbocycles. The molecule has 1 unspecified atom stereocenters. The van der Waals surface area contributed by atoms with E-state index in [0.717, 1.165) is 16.9 Å². The smallest absolute Gasteiger partial charge is 0.133 e. The summed E-state index contributed by atoms with van der Waals surface area (Å²) in [6.07, 6.45) is 1.23. The fourth-order valence-corrected chi connectivity index (χ4v) is 1.37. The van der Waals surface area contributed by atoms with Gasteiger partial charge in [0.2, 0.25) is 0 Å². The molecule has 0 aliphatic rings. The Kier molecular flexibility index (Phi) is 2.37. The second kappa shape index (κ2) is 3.68. The lowest BCUT2D eigenvalue weighted by Crippen LogP contribution is -1.89. The van der Waals surface area contributed by atoms with Gasteiger partial charge in [-0.1, -0.05) is 24.3 Å². The summed E-state index contributed by atoms with van der Waals surface area (Å²) in [6, 6.07) is 11.5. The van der Waals surface area contributed by atoms with Crippen molar-refractivity contribution in [2.45, 2.75) is 13.0 Å². The molecule has 0 spiro atoms. The van der Waals surface area contributed by atoms with E-state index >= 15 is 0 Å². The summed E-state index contributed by atoms with van der Waals surface area (Å²) < 4.78 is 5.26. The molecule has 0 aliphatic heterocycles. The lowest BCUT2D eigenvalue weighted by molar-refractivity contribution is 0.199. The standard InChI is InChI=1S/C12H12O2/c1-9(13)10-4-6-11(7-5-10)12-3-2-8-14-12/h2-9,13H,1H3. The average molecular weight is 188 g/mol. The quantitative estimate of drug-likeness (QED) is 0.785. The molecule has 1 atom stereocenters. The summed E-state index contributed by atoms with van der Waals surface area (Å²) in [6.45, 7) is 1.75. The van der Waals surface area contributed by atoms with Crippen molar-refractivity contribution >= 4 is 0 Å². The maximum absolute atomic E-state index is 9.32. The van der Waals surface area contributed by atoms with Crippen LogP contribution in [0.2, 0.25) is 0 Å². The van der Waals surface area contributed by atoms with E-state index in [-0.39, 0.29) is 0 Å². The van der Waals surface area contributed by atoms with Crippen LogP contribution in [0.5, 0.6) is 0 Å². The van der Waals surface area contributed by atoms with Gasteiger partial charge >= 0.3 is 0 Å². The zero-order valence-electron chi connectivity index (χ0n) is 7.97.